The number of halogens is 1. The number of imide groups is 2. The third-order valence-corrected chi connectivity index (χ3v) is 7.79. The number of aromatic nitrogens is 1. The lowest BCUT2D eigenvalue weighted by atomic mass is 10.0. The number of aliphatic imine (C=N–C) groups is 1. The Bertz CT molecular complexity index is 1500. The molecule has 1 unspecified atom stereocenters. The van der Waals surface area contributed by atoms with Crippen LogP contribution in [0.5, 0.6) is 5.75 Å². The molecule has 5 rings (SSSR count). The van der Waals surface area contributed by atoms with Crippen molar-refractivity contribution in [2.24, 2.45) is 4.99 Å². The lowest BCUT2D eigenvalue weighted by Gasteiger charge is -2.28. The number of hydrogen-bond donors (Lipinski definition) is 3. The molecule has 2 aromatic rings. The van der Waals surface area contributed by atoms with Crippen molar-refractivity contribution >= 4 is 57.0 Å². The van der Waals surface area contributed by atoms with Gasteiger partial charge in [-0.1, -0.05) is 13.8 Å². The van der Waals surface area contributed by atoms with Crippen molar-refractivity contribution < 1.29 is 33.1 Å². The second kappa shape index (κ2) is 11.1. The quantitative estimate of drug-likeness (QED) is 0.475. The summed E-state index contributed by atoms with van der Waals surface area (Å²) in [5, 5.41) is 8.10. The molecule has 212 valence electrons. The molecular formula is C26H29FN6O6S. The molecule has 3 aliphatic heterocycles. The number of amidine groups is 1. The number of rotatable bonds is 4. The molecule has 0 bridgehead atoms. The SMILES string of the molecule is CC.COc1cc2sc(C(C)(C)NC(=O)NC3=NC4=C(CC3)C(=O)N(C3CCC(=O)NC3=O)C4=O)nc2cc1F. The van der Waals surface area contributed by atoms with Gasteiger partial charge in [0.25, 0.3) is 11.8 Å². The normalized spacial score (nSPS) is 19.1. The van der Waals surface area contributed by atoms with Crippen molar-refractivity contribution in [2.45, 2.75) is 65.0 Å². The maximum absolute atomic E-state index is 14.1. The number of amides is 6. The Morgan fingerprint density at radius 2 is 1.88 bits per heavy atom. The van der Waals surface area contributed by atoms with Crippen molar-refractivity contribution in [1.82, 2.24) is 25.8 Å². The zero-order valence-corrected chi connectivity index (χ0v) is 23.5. The molecule has 12 nitrogen and oxygen atoms in total. The molecule has 40 heavy (non-hydrogen) atoms. The van der Waals surface area contributed by atoms with E-state index in [-0.39, 0.29) is 48.5 Å². The van der Waals surface area contributed by atoms with E-state index in [1.807, 2.05) is 13.8 Å². The number of carbonyl (C=O) groups is 5. The minimum Gasteiger partial charge on any atom is -0.494 e. The summed E-state index contributed by atoms with van der Waals surface area (Å²) in [6.07, 6.45) is 0.397. The van der Waals surface area contributed by atoms with Gasteiger partial charge in [0.05, 0.1) is 22.9 Å². The predicted molar refractivity (Wildman–Crippen MR) is 144 cm³/mol. The molecule has 0 radical (unpaired) electrons. The van der Waals surface area contributed by atoms with Gasteiger partial charge in [-0.2, -0.15) is 0 Å². The average Bonchev–Trinajstić information content (AvgIpc) is 3.43. The van der Waals surface area contributed by atoms with Crippen LogP contribution in [0.25, 0.3) is 10.2 Å². The summed E-state index contributed by atoms with van der Waals surface area (Å²) >= 11 is 1.28. The Kier molecular flexibility index (Phi) is 8.00. The predicted octanol–water partition coefficient (Wildman–Crippen LogP) is 2.62. The maximum atomic E-state index is 14.1. The molecule has 0 aliphatic carbocycles. The van der Waals surface area contributed by atoms with Crippen LogP contribution in [-0.2, 0) is 24.7 Å². The van der Waals surface area contributed by atoms with Crippen LogP contribution in [0.1, 0.15) is 58.4 Å². The van der Waals surface area contributed by atoms with Crippen LogP contribution in [-0.4, -0.2) is 58.5 Å². The number of piperidine rings is 1. The first kappa shape index (κ1) is 28.8. The van der Waals surface area contributed by atoms with Gasteiger partial charge in [0.2, 0.25) is 11.8 Å². The lowest BCUT2D eigenvalue weighted by molar-refractivity contribution is -0.150. The number of ether oxygens (including phenoxy) is 1. The largest absolute Gasteiger partial charge is 0.494 e. The van der Waals surface area contributed by atoms with Crippen molar-refractivity contribution in [2.75, 3.05) is 7.11 Å². The van der Waals surface area contributed by atoms with E-state index in [1.54, 1.807) is 19.9 Å². The fraction of sp³-hybridized carbons (Fsp3) is 0.423. The van der Waals surface area contributed by atoms with Gasteiger partial charge in [-0.3, -0.25) is 34.7 Å². The number of nitrogens with one attached hydrogen (secondary N) is 3. The Balaban J connectivity index is 0.00000181. The molecule has 14 heteroatoms. The molecular weight excluding hydrogens is 543 g/mol. The van der Waals surface area contributed by atoms with Gasteiger partial charge in [0.1, 0.15) is 22.6 Å². The van der Waals surface area contributed by atoms with E-state index in [0.29, 0.717) is 15.2 Å². The highest BCUT2D eigenvalue weighted by Gasteiger charge is 2.47. The molecule has 1 aromatic heterocycles. The smallest absolute Gasteiger partial charge is 0.320 e. The molecule has 1 fully saturated rings. The van der Waals surface area contributed by atoms with Crippen molar-refractivity contribution in [3.05, 3.63) is 34.2 Å². The van der Waals surface area contributed by atoms with Crippen LogP contribution in [0.2, 0.25) is 0 Å². The molecule has 1 aromatic carbocycles. The molecule has 3 N–H and O–H groups in total. The van der Waals surface area contributed by atoms with E-state index in [2.05, 4.69) is 25.9 Å². The number of thiazole rings is 1. The molecule has 6 amide bonds. The number of benzene rings is 1. The van der Waals surface area contributed by atoms with Gasteiger partial charge >= 0.3 is 6.03 Å². The molecule has 1 saturated heterocycles. The monoisotopic (exact) mass is 572 g/mol. The van der Waals surface area contributed by atoms with Gasteiger partial charge < -0.3 is 10.1 Å². The highest BCUT2D eigenvalue weighted by atomic mass is 32.1. The van der Waals surface area contributed by atoms with Gasteiger partial charge in [-0.15, -0.1) is 11.3 Å². The topological polar surface area (TPSA) is 159 Å². The lowest BCUT2D eigenvalue weighted by Crippen LogP contribution is -2.54. The summed E-state index contributed by atoms with van der Waals surface area (Å²) in [4.78, 5) is 71.8. The van der Waals surface area contributed by atoms with E-state index in [1.165, 1.54) is 24.5 Å². The number of carbonyl (C=O) groups excluding carboxylic acids is 5. The number of fused-ring (bicyclic) bond motifs is 1. The van der Waals surface area contributed by atoms with Gasteiger partial charge in [-0.25, -0.2) is 19.2 Å². The van der Waals surface area contributed by atoms with E-state index in [0.717, 1.165) is 4.90 Å². The Hall–Kier alpha value is -4.20. The van der Waals surface area contributed by atoms with Gasteiger partial charge in [0, 0.05) is 30.5 Å². The van der Waals surface area contributed by atoms with E-state index in [4.69, 9.17) is 4.74 Å². The first-order valence-electron chi connectivity index (χ1n) is 12.7. The summed E-state index contributed by atoms with van der Waals surface area (Å²) < 4.78 is 19.8. The highest BCUT2D eigenvalue weighted by Crippen LogP contribution is 2.34. The third kappa shape index (κ3) is 5.30. The minimum atomic E-state index is -1.09. The first-order chi connectivity index (χ1) is 19.0. The number of hydrogen-bond acceptors (Lipinski definition) is 9. The minimum absolute atomic E-state index is 0.0152. The zero-order chi connectivity index (χ0) is 29.4. The Morgan fingerprint density at radius 1 is 1.15 bits per heavy atom. The number of urea groups is 1. The van der Waals surface area contributed by atoms with Crippen LogP contribution >= 0.6 is 11.3 Å². The Morgan fingerprint density at radius 3 is 2.55 bits per heavy atom. The summed E-state index contributed by atoms with van der Waals surface area (Å²) in [6.45, 7) is 7.47. The molecule has 0 saturated carbocycles. The number of methoxy groups -OCH3 is 1. The summed E-state index contributed by atoms with van der Waals surface area (Å²) in [5.74, 6) is -2.79. The second-order valence-electron chi connectivity index (χ2n) is 9.51. The second-order valence-corrected chi connectivity index (χ2v) is 10.5. The van der Waals surface area contributed by atoms with Gasteiger partial charge in [0.15, 0.2) is 11.6 Å². The van der Waals surface area contributed by atoms with Crippen molar-refractivity contribution in [3.63, 3.8) is 0 Å². The van der Waals surface area contributed by atoms with E-state index < -0.39 is 47.1 Å². The molecule has 3 aliphatic rings. The fourth-order valence-corrected chi connectivity index (χ4v) is 5.55. The van der Waals surface area contributed by atoms with Crippen LogP contribution in [0.15, 0.2) is 28.4 Å². The first-order valence-corrected chi connectivity index (χ1v) is 13.6. The molecule has 4 heterocycles. The van der Waals surface area contributed by atoms with Crippen molar-refractivity contribution in [1.29, 1.82) is 0 Å². The maximum Gasteiger partial charge on any atom is 0.320 e. The van der Waals surface area contributed by atoms with Crippen LogP contribution in [0.4, 0.5) is 9.18 Å². The standard InChI is InChI=1S/C24H23FN6O6S.C2H6/c1-24(2,22-26-12-8-11(25)14(37-3)9-15(12)38-22)30-23(36)28-16-6-4-10-18(27-16)21(35)31(20(10)34)13-5-7-17(32)29-19(13)33;1-2/h8-9,13H,4-7H2,1-3H3,(H,29,32,33)(H2,27,28,30,36);1-2H3. The summed E-state index contributed by atoms with van der Waals surface area (Å²) in [6, 6.07) is 1.11. The van der Waals surface area contributed by atoms with E-state index >= 15 is 0 Å². The van der Waals surface area contributed by atoms with Crippen LogP contribution < -0.4 is 20.7 Å². The summed E-state index contributed by atoms with van der Waals surface area (Å²) in [5.41, 5.74) is -0.468. The van der Waals surface area contributed by atoms with Crippen molar-refractivity contribution in [3.8, 4) is 5.75 Å². The number of nitrogens with zero attached hydrogens (tertiary/aromatic N) is 3. The zero-order valence-electron chi connectivity index (χ0n) is 22.6. The average molecular weight is 573 g/mol. The molecule has 1 atom stereocenters. The fourth-order valence-electron chi connectivity index (χ4n) is 4.51. The highest BCUT2D eigenvalue weighted by molar-refractivity contribution is 7.18. The van der Waals surface area contributed by atoms with Crippen LogP contribution in [0.3, 0.4) is 0 Å². The van der Waals surface area contributed by atoms with Crippen LogP contribution in [0, 0.1) is 5.82 Å². The van der Waals surface area contributed by atoms with Gasteiger partial charge in [-0.05, 0) is 26.7 Å². The Labute approximate surface area is 233 Å². The van der Waals surface area contributed by atoms with E-state index in [9.17, 15) is 28.4 Å². The molecule has 0 spiro atoms. The third-order valence-electron chi connectivity index (χ3n) is 6.45. The summed E-state index contributed by atoms with van der Waals surface area (Å²) in [7, 11) is 1.37.